The Morgan fingerprint density at radius 2 is 1.95 bits per heavy atom. The van der Waals surface area contributed by atoms with E-state index in [1.54, 1.807) is 6.07 Å². The van der Waals surface area contributed by atoms with E-state index in [0.717, 1.165) is 27.7 Å². The van der Waals surface area contributed by atoms with E-state index >= 15 is 0 Å². The summed E-state index contributed by atoms with van der Waals surface area (Å²) in [5.41, 5.74) is 4.24. The van der Waals surface area contributed by atoms with Crippen LogP contribution in [0, 0.1) is 13.8 Å². The highest BCUT2D eigenvalue weighted by Gasteiger charge is 2.12. The van der Waals surface area contributed by atoms with Gasteiger partial charge in [0.1, 0.15) is 5.69 Å². The highest BCUT2D eigenvalue weighted by atomic mass is 35.5. The van der Waals surface area contributed by atoms with E-state index in [-0.39, 0.29) is 5.91 Å². The molecule has 0 spiro atoms. The Kier molecular flexibility index (Phi) is 3.43. The first kappa shape index (κ1) is 13.7. The number of aryl methyl sites for hydroxylation is 2. The number of aromatic nitrogens is 1. The van der Waals surface area contributed by atoms with Crippen LogP contribution in [-0.2, 0) is 0 Å². The number of amides is 1. The minimum Gasteiger partial charge on any atom is -0.349 e. The Labute approximate surface area is 127 Å². The number of hydrogen-bond acceptors (Lipinski definition) is 1. The molecule has 21 heavy (non-hydrogen) atoms. The molecule has 4 heteroatoms. The topological polar surface area (TPSA) is 44.9 Å². The van der Waals surface area contributed by atoms with Crippen LogP contribution in [0.5, 0.6) is 0 Å². The molecule has 0 saturated heterocycles. The lowest BCUT2D eigenvalue weighted by molar-refractivity contribution is 0.102. The molecule has 0 unspecified atom stereocenters. The fraction of sp³-hybridized carbons (Fsp3) is 0.118. The number of carbonyl (C=O) groups is 1. The van der Waals surface area contributed by atoms with E-state index in [1.807, 2.05) is 50.2 Å². The number of para-hydroxylation sites is 1. The number of H-pyrrole nitrogens is 1. The highest BCUT2D eigenvalue weighted by Crippen LogP contribution is 2.24. The number of halogens is 1. The molecule has 2 N–H and O–H groups in total. The summed E-state index contributed by atoms with van der Waals surface area (Å²) in [5, 5.41) is 4.47. The zero-order valence-corrected chi connectivity index (χ0v) is 12.6. The van der Waals surface area contributed by atoms with Gasteiger partial charge in [-0.3, -0.25) is 4.79 Å². The van der Waals surface area contributed by atoms with Crippen LogP contribution < -0.4 is 5.32 Å². The summed E-state index contributed by atoms with van der Waals surface area (Å²) in [7, 11) is 0. The molecule has 3 aromatic rings. The van der Waals surface area contributed by atoms with Crippen LogP contribution in [0.4, 0.5) is 5.69 Å². The van der Waals surface area contributed by atoms with E-state index in [0.29, 0.717) is 10.7 Å². The van der Waals surface area contributed by atoms with Crippen molar-refractivity contribution in [3.05, 3.63) is 64.3 Å². The highest BCUT2D eigenvalue weighted by molar-refractivity contribution is 6.35. The fourth-order valence-electron chi connectivity index (χ4n) is 2.30. The molecule has 0 saturated carbocycles. The number of fused-ring (bicyclic) bond motifs is 1. The van der Waals surface area contributed by atoms with Crippen molar-refractivity contribution in [2.45, 2.75) is 13.8 Å². The zero-order valence-electron chi connectivity index (χ0n) is 11.8. The zero-order chi connectivity index (χ0) is 15.0. The molecule has 0 aliphatic heterocycles. The fourth-order valence-corrected chi connectivity index (χ4v) is 2.53. The monoisotopic (exact) mass is 298 g/mol. The van der Waals surface area contributed by atoms with E-state index in [9.17, 15) is 4.79 Å². The average molecular weight is 299 g/mol. The third kappa shape index (κ3) is 2.65. The molecule has 2 aromatic carbocycles. The number of rotatable bonds is 2. The number of hydrogen-bond donors (Lipinski definition) is 2. The predicted octanol–water partition coefficient (Wildman–Crippen LogP) is 4.69. The summed E-state index contributed by atoms with van der Waals surface area (Å²) >= 11 is 6.12. The lowest BCUT2D eigenvalue weighted by Gasteiger charge is -2.08. The minimum absolute atomic E-state index is 0.170. The summed E-state index contributed by atoms with van der Waals surface area (Å²) in [4.78, 5) is 15.4. The first-order valence-corrected chi connectivity index (χ1v) is 7.08. The third-order valence-electron chi connectivity index (χ3n) is 3.49. The van der Waals surface area contributed by atoms with Crippen LogP contribution in [-0.4, -0.2) is 10.9 Å². The lowest BCUT2D eigenvalue weighted by Crippen LogP contribution is -2.13. The van der Waals surface area contributed by atoms with Gasteiger partial charge < -0.3 is 10.3 Å². The molecule has 0 aliphatic carbocycles. The molecule has 0 aliphatic rings. The first-order chi connectivity index (χ1) is 10.0. The second kappa shape index (κ2) is 5.26. The maximum Gasteiger partial charge on any atom is 0.272 e. The van der Waals surface area contributed by atoms with Gasteiger partial charge >= 0.3 is 0 Å². The predicted molar refractivity (Wildman–Crippen MR) is 87.2 cm³/mol. The van der Waals surface area contributed by atoms with Crippen LogP contribution in [0.25, 0.3) is 10.9 Å². The van der Waals surface area contributed by atoms with Gasteiger partial charge in [0.05, 0.1) is 10.5 Å². The molecule has 3 rings (SSSR count). The maximum absolute atomic E-state index is 12.4. The molecule has 1 aromatic heterocycles. The van der Waals surface area contributed by atoms with Gasteiger partial charge in [-0.05, 0) is 43.2 Å². The third-order valence-corrected chi connectivity index (χ3v) is 3.81. The van der Waals surface area contributed by atoms with Gasteiger partial charge in [0, 0.05) is 11.1 Å². The number of carbonyl (C=O) groups excluding carboxylic acids is 1. The second-order valence-electron chi connectivity index (χ2n) is 5.16. The van der Waals surface area contributed by atoms with Crippen LogP contribution >= 0.6 is 11.6 Å². The van der Waals surface area contributed by atoms with Crippen LogP contribution in [0.15, 0.2) is 42.5 Å². The maximum atomic E-state index is 12.4. The molecule has 3 nitrogen and oxygen atoms in total. The largest absolute Gasteiger partial charge is 0.349 e. The summed E-state index contributed by atoms with van der Waals surface area (Å²) < 4.78 is 0. The van der Waals surface area contributed by atoms with Crippen molar-refractivity contribution in [3.63, 3.8) is 0 Å². The molecular weight excluding hydrogens is 284 g/mol. The van der Waals surface area contributed by atoms with Crippen molar-refractivity contribution in [1.29, 1.82) is 0 Å². The van der Waals surface area contributed by atoms with E-state index in [1.165, 1.54) is 0 Å². The molecule has 0 radical (unpaired) electrons. The van der Waals surface area contributed by atoms with Gasteiger partial charge in [-0.15, -0.1) is 0 Å². The van der Waals surface area contributed by atoms with Crippen LogP contribution in [0.2, 0.25) is 5.02 Å². The van der Waals surface area contributed by atoms with Crippen molar-refractivity contribution in [1.82, 2.24) is 4.98 Å². The number of benzene rings is 2. The average Bonchev–Trinajstić information content (AvgIpc) is 2.88. The standard InChI is InChI=1S/C17H15ClN2O/c1-10-6-7-11(2)14(8-10)20-17(21)15-9-12-4-3-5-13(18)16(12)19-15/h3-9,19H,1-2H3,(H,20,21). The smallest absolute Gasteiger partial charge is 0.272 e. The van der Waals surface area contributed by atoms with Gasteiger partial charge in [0.2, 0.25) is 0 Å². The van der Waals surface area contributed by atoms with E-state index in [4.69, 9.17) is 11.6 Å². The summed E-state index contributed by atoms with van der Waals surface area (Å²) in [6.45, 7) is 3.97. The first-order valence-electron chi connectivity index (χ1n) is 6.70. The van der Waals surface area contributed by atoms with Gasteiger partial charge in [0.25, 0.3) is 5.91 Å². The quantitative estimate of drug-likeness (QED) is 0.708. The Morgan fingerprint density at radius 1 is 1.14 bits per heavy atom. The van der Waals surface area contributed by atoms with Crippen molar-refractivity contribution in [2.75, 3.05) is 5.32 Å². The lowest BCUT2D eigenvalue weighted by atomic mass is 10.1. The van der Waals surface area contributed by atoms with Gasteiger partial charge in [-0.25, -0.2) is 0 Å². The van der Waals surface area contributed by atoms with Gasteiger partial charge in [-0.1, -0.05) is 35.9 Å². The van der Waals surface area contributed by atoms with E-state index in [2.05, 4.69) is 10.3 Å². The molecule has 1 amide bonds. The number of nitrogens with one attached hydrogen (secondary N) is 2. The van der Waals surface area contributed by atoms with Gasteiger partial charge in [-0.2, -0.15) is 0 Å². The van der Waals surface area contributed by atoms with Crippen molar-refractivity contribution in [3.8, 4) is 0 Å². The molecular formula is C17H15ClN2O. The molecule has 1 heterocycles. The van der Waals surface area contributed by atoms with Gasteiger partial charge in [0.15, 0.2) is 0 Å². The van der Waals surface area contributed by atoms with E-state index < -0.39 is 0 Å². The number of aromatic amines is 1. The Morgan fingerprint density at radius 3 is 2.71 bits per heavy atom. The summed E-state index contributed by atoms with van der Waals surface area (Å²) in [6.07, 6.45) is 0. The molecule has 0 fully saturated rings. The van der Waals surface area contributed by atoms with Crippen LogP contribution in [0.1, 0.15) is 21.6 Å². The second-order valence-corrected chi connectivity index (χ2v) is 5.57. The Hall–Kier alpha value is -2.26. The van der Waals surface area contributed by atoms with Crippen molar-refractivity contribution < 1.29 is 4.79 Å². The Balaban J connectivity index is 1.93. The summed E-state index contributed by atoms with van der Waals surface area (Å²) in [5.74, 6) is -0.170. The Bertz CT molecular complexity index is 836. The van der Waals surface area contributed by atoms with Crippen molar-refractivity contribution in [2.24, 2.45) is 0 Å². The normalized spacial score (nSPS) is 10.8. The minimum atomic E-state index is -0.170. The van der Waals surface area contributed by atoms with Crippen LogP contribution in [0.3, 0.4) is 0 Å². The van der Waals surface area contributed by atoms with Crippen molar-refractivity contribution >= 4 is 34.1 Å². The molecule has 0 bridgehead atoms. The number of anilines is 1. The SMILES string of the molecule is Cc1ccc(C)c(NC(=O)c2cc3cccc(Cl)c3[nH]2)c1. The molecule has 106 valence electrons. The summed E-state index contributed by atoms with van der Waals surface area (Å²) in [6, 6.07) is 13.4. The molecule has 0 atom stereocenters.